The minimum atomic E-state index is -0.364. The highest BCUT2D eigenvalue weighted by atomic mass is 79.9. The Morgan fingerprint density at radius 1 is 1.22 bits per heavy atom. The minimum Gasteiger partial charge on any atom is -0.457 e. The number of hydrogen-bond donors (Lipinski definition) is 1. The van der Waals surface area contributed by atoms with Crippen molar-refractivity contribution in [1.82, 2.24) is 4.90 Å². The van der Waals surface area contributed by atoms with Crippen molar-refractivity contribution in [3.05, 3.63) is 51.3 Å². The first-order chi connectivity index (χ1) is 11.0. The van der Waals surface area contributed by atoms with Crippen LogP contribution in [0.4, 0.5) is 5.69 Å². The fourth-order valence-corrected chi connectivity index (χ4v) is 3.03. The second kappa shape index (κ2) is 6.76. The number of amides is 2. The summed E-state index contributed by atoms with van der Waals surface area (Å²) >= 11 is 9.16. The highest BCUT2D eigenvalue weighted by Crippen LogP contribution is 2.25. The zero-order chi connectivity index (χ0) is 16.4. The van der Waals surface area contributed by atoms with E-state index in [9.17, 15) is 9.59 Å². The number of nitrogens with one attached hydrogen (secondary N) is 1. The van der Waals surface area contributed by atoms with E-state index in [4.69, 9.17) is 16.0 Å². The molecule has 7 heteroatoms. The largest absolute Gasteiger partial charge is 0.457 e. The molecule has 0 atom stereocenters. The zero-order valence-corrected chi connectivity index (χ0v) is 14.5. The lowest BCUT2D eigenvalue weighted by Gasteiger charge is -2.18. The first-order valence-corrected chi connectivity index (χ1v) is 8.36. The zero-order valence-electron chi connectivity index (χ0n) is 12.1. The third-order valence-corrected chi connectivity index (χ3v) is 4.33. The molecular formula is C16H14BrClN2O3. The molecule has 0 bridgehead atoms. The Bertz CT molecular complexity index is 754. The topological polar surface area (TPSA) is 62.6 Å². The molecule has 2 heterocycles. The SMILES string of the molecule is O=C(Nc1cc(Cl)ccc1C(=O)N1CCCC1)c1coc(Br)c1. The Labute approximate surface area is 146 Å². The van der Waals surface area contributed by atoms with Gasteiger partial charge in [0.15, 0.2) is 4.67 Å². The van der Waals surface area contributed by atoms with Crippen molar-refractivity contribution in [1.29, 1.82) is 0 Å². The second-order valence-corrected chi connectivity index (χ2v) is 6.50. The quantitative estimate of drug-likeness (QED) is 0.845. The normalized spacial score (nSPS) is 14.1. The molecule has 1 saturated heterocycles. The van der Waals surface area contributed by atoms with E-state index >= 15 is 0 Å². The molecule has 2 aromatic rings. The second-order valence-electron chi connectivity index (χ2n) is 5.28. The van der Waals surface area contributed by atoms with Gasteiger partial charge < -0.3 is 14.6 Å². The summed E-state index contributed by atoms with van der Waals surface area (Å²) in [6.07, 6.45) is 3.35. The molecule has 1 aliphatic heterocycles. The van der Waals surface area contributed by atoms with Crippen LogP contribution in [0.25, 0.3) is 0 Å². The average Bonchev–Trinajstić information content (AvgIpc) is 3.18. The van der Waals surface area contributed by atoms with Crippen molar-refractivity contribution in [2.24, 2.45) is 0 Å². The number of carbonyl (C=O) groups excluding carboxylic acids is 2. The third kappa shape index (κ3) is 3.59. The van der Waals surface area contributed by atoms with Crippen molar-refractivity contribution in [3.63, 3.8) is 0 Å². The third-order valence-electron chi connectivity index (χ3n) is 3.68. The van der Waals surface area contributed by atoms with Crippen LogP contribution >= 0.6 is 27.5 Å². The highest BCUT2D eigenvalue weighted by molar-refractivity contribution is 9.10. The van der Waals surface area contributed by atoms with Crippen LogP contribution < -0.4 is 5.32 Å². The number of benzene rings is 1. The molecule has 0 saturated carbocycles. The number of furan rings is 1. The molecule has 5 nitrogen and oxygen atoms in total. The molecule has 0 unspecified atom stereocenters. The first-order valence-electron chi connectivity index (χ1n) is 7.19. The number of nitrogens with zero attached hydrogens (tertiary/aromatic N) is 1. The summed E-state index contributed by atoms with van der Waals surface area (Å²) in [4.78, 5) is 26.7. The van der Waals surface area contributed by atoms with Gasteiger partial charge in [0.25, 0.3) is 11.8 Å². The Hall–Kier alpha value is -1.79. The van der Waals surface area contributed by atoms with Crippen LogP contribution in [0.3, 0.4) is 0 Å². The van der Waals surface area contributed by atoms with Crippen LogP contribution in [-0.2, 0) is 0 Å². The summed E-state index contributed by atoms with van der Waals surface area (Å²) < 4.78 is 5.52. The Balaban J connectivity index is 1.87. The lowest BCUT2D eigenvalue weighted by molar-refractivity contribution is 0.0794. The maximum atomic E-state index is 12.6. The van der Waals surface area contributed by atoms with E-state index in [1.54, 1.807) is 29.2 Å². The predicted octanol–water partition coefficient (Wildman–Crippen LogP) is 4.18. The van der Waals surface area contributed by atoms with E-state index in [-0.39, 0.29) is 11.8 Å². The maximum Gasteiger partial charge on any atom is 0.258 e. The van der Waals surface area contributed by atoms with Gasteiger partial charge in [0.05, 0.1) is 16.8 Å². The van der Waals surface area contributed by atoms with Crippen molar-refractivity contribution in [2.45, 2.75) is 12.8 Å². The number of anilines is 1. The molecule has 1 aromatic carbocycles. The minimum absolute atomic E-state index is 0.0946. The maximum absolute atomic E-state index is 12.6. The molecule has 1 N–H and O–H groups in total. The molecule has 1 aromatic heterocycles. The highest BCUT2D eigenvalue weighted by Gasteiger charge is 2.23. The number of hydrogen-bond acceptors (Lipinski definition) is 3. The van der Waals surface area contributed by atoms with Crippen LogP contribution in [0.5, 0.6) is 0 Å². The number of likely N-dealkylation sites (tertiary alicyclic amines) is 1. The van der Waals surface area contributed by atoms with Gasteiger partial charge in [0.1, 0.15) is 6.26 Å². The number of halogens is 2. The molecule has 2 amide bonds. The summed E-state index contributed by atoms with van der Waals surface area (Å²) in [7, 11) is 0. The van der Waals surface area contributed by atoms with Gasteiger partial charge >= 0.3 is 0 Å². The van der Waals surface area contributed by atoms with Gasteiger partial charge in [0.2, 0.25) is 0 Å². The molecule has 1 fully saturated rings. The van der Waals surface area contributed by atoms with Crippen LogP contribution in [0.2, 0.25) is 5.02 Å². The molecule has 1 aliphatic rings. The van der Waals surface area contributed by atoms with Gasteiger partial charge in [-0.25, -0.2) is 0 Å². The molecule has 0 aliphatic carbocycles. The summed E-state index contributed by atoms with van der Waals surface area (Å²) in [6, 6.07) is 6.43. The lowest BCUT2D eigenvalue weighted by Crippen LogP contribution is -2.28. The fraction of sp³-hybridized carbons (Fsp3) is 0.250. The van der Waals surface area contributed by atoms with Crippen molar-refractivity contribution in [3.8, 4) is 0 Å². The first kappa shape index (κ1) is 16.1. The van der Waals surface area contributed by atoms with Gasteiger partial charge in [-0.2, -0.15) is 0 Å². The van der Waals surface area contributed by atoms with Gasteiger partial charge in [-0.1, -0.05) is 11.6 Å². The molecular weight excluding hydrogens is 384 g/mol. The van der Waals surface area contributed by atoms with Crippen LogP contribution in [0.15, 0.2) is 39.6 Å². The van der Waals surface area contributed by atoms with E-state index in [2.05, 4.69) is 21.2 Å². The van der Waals surface area contributed by atoms with Gasteiger partial charge in [-0.05, 0) is 47.0 Å². The van der Waals surface area contributed by atoms with Gasteiger partial charge in [0, 0.05) is 24.2 Å². The van der Waals surface area contributed by atoms with Crippen LogP contribution in [-0.4, -0.2) is 29.8 Å². The molecule has 0 radical (unpaired) electrons. The van der Waals surface area contributed by atoms with Crippen LogP contribution in [0.1, 0.15) is 33.6 Å². The van der Waals surface area contributed by atoms with Crippen LogP contribution in [0, 0.1) is 0 Å². The Kier molecular flexibility index (Phi) is 4.73. The Morgan fingerprint density at radius 3 is 2.61 bits per heavy atom. The predicted molar refractivity (Wildman–Crippen MR) is 91.0 cm³/mol. The van der Waals surface area contributed by atoms with Crippen molar-refractivity contribution in [2.75, 3.05) is 18.4 Å². The van der Waals surface area contributed by atoms with E-state index < -0.39 is 0 Å². The molecule has 3 rings (SSSR count). The van der Waals surface area contributed by atoms with Crippen molar-refractivity contribution < 1.29 is 14.0 Å². The summed E-state index contributed by atoms with van der Waals surface area (Å²) in [5.74, 6) is -0.458. The van der Waals surface area contributed by atoms with E-state index in [0.717, 1.165) is 25.9 Å². The smallest absolute Gasteiger partial charge is 0.258 e. The average molecular weight is 398 g/mol. The monoisotopic (exact) mass is 396 g/mol. The number of rotatable bonds is 3. The van der Waals surface area contributed by atoms with Crippen molar-refractivity contribution >= 4 is 45.0 Å². The van der Waals surface area contributed by atoms with Gasteiger partial charge in [-0.15, -0.1) is 0 Å². The summed E-state index contributed by atoms with van der Waals surface area (Å²) in [6.45, 7) is 1.48. The van der Waals surface area contributed by atoms with E-state index in [0.29, 0.717) is 26.5 Å². The number of carbonyl (C=O) groups is 2. The van der Waals surface area contributed by atoms with Gasteiger partial charge in [-0.3, -0.25) is 9.59 Å². The molecule has 120 valence electrons. The summed E-state index contributed by atoms with van der Waals surface area (Å²) in [5.41, 5.74) is 1.19. The van der Waals surface area contributed by atoms with E-state index in [1.807, 2.05) is 0 Å². The summed E-state index contributed by atoms with van der Waals surface area (Å²) in [5, 5.41) is 3.18. The molecule has 23 heavy (non-hydrogen) atoms. The fourth-order valence-electron chi connectivity index (χ4n) is 2.52. The molecule has 0 spiro atoms. The lowest BCUT2D eigenvalue weighted by atomic mass is 10.1. The van der Waals surface area contributed by atoms with E-state index in [1.165, 1.54) is 6.26 Å². The standard InChI is InChI=1S/C16H14BrClN2O3/c17-14-7-10(9-23-14)15(21)19-13-8-11(18)3-4-12(13)16(22)20-5-1-2-6-20/h3-4,7-9H,1-2,5-6H2,(H,19,21). The Morgan fingerprint density at radius 2 is 1.96 bits per heavy atom.